The summed E-state index contributed by atoms with van der Waals surface area (Å²) in [6.45, 7) is 6.93. The predicted octanol–water partition coefficient (Wildman–Crippen LogP) is 4.32. The topological polar surface area (TPSA) is 78.5 Å². The molecule has 1 saturated heterocycles. The smallest absolute Gasteiger partial charge is 0.324 e. The number of para-hydroxylation sites is 1. The van der Waals surface area contributed by atoms with Crippen molar-refractivity contribution in [2.45, 2.75) is 39.2 Å². The number of urea groups is 1. The number of anilines is 1. The van der Waals surface area contributed by atoms with Crippen LogP contribution in [0, 0.1) is 12.7 Å². The Kier molecular flexibility index (Phi) is 5.85. The predicted molar refractivity (Wildman–Crippen MR) is 113 cm³/mol. The van der Waals surface area contributed by atoms with Gasteiger partial charge in [0.05, 0.1) is 0 Å². The van der Waals surface area contributed by atoms with E-state index in [1.54, 1.807) is 0 Å². The van der Waals surface area contributed by atoms with Gasteiger partial charge in [-0.25, -0.2) is 9.18 Å². The first kappa shape index (κ1) is 21.8. The third-order valence-corrected chi connectivity index (χ3v) is 5.55. The van der Waals surface area contributed by atoms with Crippen LogP contribution in [0.25, 0.3) is 0 Å². The average Bonchev–Trinajstić information content (AvgIpc) is 2.86. The summed E-state index contributed by atoms with van der Waals surface area (Å²) in [7, 11) is 0. The van der Waals surface area contributed by atoms with E-state index in [9.17, 15) is 18.8 Å². The Bertz CT molecular complexity index is 1040. The zero-order valence-electron chi connectivity index (χ0n) is 17.2. The van der Waals surface area contributed by atoms with Gasteiger partial charge in [-0.15, -0.1) is 0 Å². The Balaban J connectivity index is 1.82. The molecule has 1 fully saturated rings. The van der Waals surface area contributed by atoms with Crippen LogP contribution in [0.5, 0.6) is 0 Å². The molecule has 1 aliphatic rings. The summed E-state index contributed by atoms with van der Waals surface area (Å²) < 4.78 is 13.4. The molecular weight excluding hydrogens is 409 g/mol. The van der Waals surface area contributed by atoms with E-state index in [1.165, 1.54) is 13.0 Å². The quantitative estimate of drug-likeness (QED) is 0.692. The number of aryl methyl sites for hydroxylation is 1. The zero-order valence-corrected chi connectivity index (χ0v) is 17.9. The highest BCUT2D eigenvalue weighted by Gasteiger charge is 2.50. The van der Waals surface area contributed by atoms with Crippen LogP contribution in [0.3, 0.4) is 0 Å². The van der Waals surface area contributed by atoms with Crippen molar-refractivity contribution in [2.75, 3.05) is 11.9 Å². The maximum atomic E-state index is 13.4. The molecule has 0 spiro atoms. The molecule has 0 saturated carbocycles. The highest BCUT2D eigenvalue weighted by atomic mass is 35.5. The molecule has 2 N–H and O–H groups in total. The van der Waals surface area contributed by atoms with Gasteiger partial charge in [-0.1, -0.05) is 49.7 Å². The number of imide groups is 1. The first-order chi connectivity index (χ1) is 14.0. The Labute approximate surface area is 179 Å². The Morgan fingerprint density at radius 1 is 1.27 bits per heavy atom. The fraction of sp³-hybridized carbons (Fsp3) is 0.318. The fourth-order valence-corrected chi connectivity index (χ4v) is 3.94. The SMILES string of the molecule is Cc1cccc(C(C)C)c1NC(=O)CN1C(=O)NC(C)(c2ccc(F)cc2Cl)C1=O. The van der Waals surface area contributed by atoms with Gasteiger partial charge in [-0.3, -0.25) is 14.5 Å². The number of hydrogen-bond acceptors (Lipinski definition) is 3. The van der Waals surface area contributed by atoms with Crippen LogP contribution in [-0.4, -0.2) is 29.3 Å². The lowest BCUT2D eigenvalue weighted by Crippen LogP contribution is -2.42. The lowest BCUT2D eigenvalue weighted by Gasteiger charge is -2.23. The molecule has 158 valence electrons. The van der Waals surface area contributed by atoms with Gasteiger partial charge in [0.2, 0.25) is 5.91 Å². The van der Waals surface area contributed by atoms with E-state index >= 15 is 0 Å². The molecule has 30 heavy (non-hydrogen) atoms. The number of halogens is 2. The molecule has 3 rings (SSSR count). The van der Waals surface area contributed by atoms with Crippen molar-refractivity contribution in [3.8, 4) is 0 Å². The van der Waals surface area contributed by atoms with E-state index < -0.39 is 35.7 Å². The minimum absolute atomic E-state index is 0.0129. The van der Waals surface area contributed by atoms with E-state index in [4.69, 9.17) is 11.6 Å². The molecule has 0 aromatic heterocycles. The fourth-order valence-electron chi connectivity index (χ4n) is 3.58. The summed E-state index contributed by atoms with van der Waals surface area (Å²) in [5.41, 5.74) is 1.29. The number of carbonyl (C=O) groups is 3. The third kappa shape index (κ3) is 3.89. The van der Waals surface area contributed by atoms with E-state index in [1.807, 2.05) is 39.0 Å². The van der Waals surface area contributed by atoms with Crippen molar-refractivity contribution in [2.24, 2.45) is 0 Å². The maximum absolute atomic E-state index is 13.4. The van der Waals surface area contributed by atoms with Gasteiger partial charge in [0.1, 0.15) is 17.9 Å². The first-order valence-electron chi connectivity index (χ1n) is 9.53. The van der Waals surface area contributed by atoms with Gasteiger partial charge in [0, 0.05) is 16.3 Å². The highest BCUT2D eigenvalue weighted by Crippen LogP contribution is 2.34. The van der Waals surface area contributed by atoms with E-state index in [-0.39, 0.29) is 16.5 Å². The number of hydrogen-bond donors (Lipinski definition) is 2. The van der Waals surface area contributed by atoms with Crippen LogP contribution in [0.4, 0.5) is 14.9 Å². The first-order valence-corrected chi connectivity index (χ1v) is 9.91. The summed E-state index contributed by atoms with van der Waals surface area (Å²) in [6.07, 6.45) is 0. The van der Waals surface area contributed by atoms with Crippen LogP contribution < -0.4 is 10.6 Å². The summed E-state index contributed by atoms with van der Waals surface area (Å²) in [5, 5.41) is 5.41. The van der Waals surface area contributed by atoms with Gasteiger partial charge in [0.15, 0.2) is 0 Å². The van der Waals surface area contributed by atoms with Crippen molar-refractivity contribution in [3.63, 3.8) is 0 Å². The molecule has 4 amide bonds. The number of benzene rings is 2. The van der Waals surface area contributed by atoms with Crippen molar-refractivity contribution in [1.29, 1.82) is 0 Å². The van der Waals surface area contributed by atoms with Gasteiger partial charge in [-0.05, 0) is 43.0 Å². The van der Waals surface area contributed by atoms with Gasteiger partial charge in [-0.2, -0.15) is 0 Å². The van der Waals surface area contributed by atoms with Crippen LogP contribution in [0.2, 0.25) is 5.02 Å². The molecule has 1 unspecified atom stereocenters. The van der Waals surface area contributed by atoms with Gasteiger partial charge < -0.3 is 10.6 Å². The van der Waals surface area contributed by atoms with E-state index in [2.05, 4.69) is 10.6 Å². The maximum Gasteiger partial charge on any atom is 0.325 e. The van der Waals surface area contributed by atoms with Crippen LogP contribution in [0.1, 0.15) is 43.4 Å². The van der Waals surface area contributed by atoms with Crippen LogP contribution >= 0.6 is 11.6 Å². The normalized spacial score (nSPS) is 18.7. The lowest BCUT2D eigenvalue weighted by molar-refractivity contribution is -0.133. The number of nitrogens with one attached hydrogen (secondary N) is 2. The van der Waals surface area contributed by atoms with E-state index in [0.717, 1.165) is 28.2 Å². The summed E-state index contributed by atoms with van der Waals surface area (Å²) in [6, 6.07) is 8.58. The molecule has 8 heteroatoms. The minimum atomic E-state index is -1.49. The van der Waals surface area contributed by atoms with Crippen LogP contribution in [-0.2, 0) is 15.1 Å². The lowest BCUT2D eigenvalue weighted by atomic mass is 9.92. The molecular formula is C22H23ClFN3O3. The standard InChI is InChI=1S/C22H23ClFN3O3/c1-12(2)15-7-5-6-13(3)19(15)25-18(28)11-27-20(29)22(4,26-21(27)30)16-9-8-14(24)10-17(16)23/h5-10,12H,11H2,1-4H3,(H,25,28)(H,26,30). The minimum Gasteiger partial charge on any atom is -0.324 e. The molecule has 2 aromatic rings. The van der Waals surface area contributed by atoms with Gasteiger partial charge in [0.25, 0.3) is 5.91 Å². The van der Waals surface area contributed by atoms with Crippen LogP contribution in [0.15, 0.2) is 36.4 Å². The number of rotatable bonds is 5. The molecule has 1 atom stereocenters. The molecule has 1 aliphatic heterocycles. The van der Waals surface area contributed by atoms with Crippen molar-refractivity contribution < 1.29 is 18.8 Å². The number of amides is 4. The molecule has 1 heterocycles. The monoisotopic (exact) mass is 431 g/mol. The summed E-state index contributed by atoms with van der Waals surface area (Å²) in [5.74, 6) is -1.51. The Morgan fingerprint density at radius 2 is 1.97 bits per heavy atom. The average molecular weight is 432 g/mol. The summed E-state index contributed by atoms with van der Waals surface area (Å²) in [4.78, 5) is 39.0. The number of carbonyl (C=O) groups excluding carboxylic acids is 3. The molecule has 6 nitrogen and oxygen atoms in total. The summed E-state index contributed by atoms with van der Waals surface area (Å²) >= 11 is 6.10. The second-order valence-electron chi connectivity index (χ2n) is 7.81. The van der Waals surface area contributed by atoms with E-state index in [0.29, 0.717) is 5.69 Å². The number of nitrogens with zero attached hydrogens (tertiary/aromatic N) is 1. The molecule has 0 radical (unpaired) electrons. The second kappa shape index (κ2) is 8.07. The van der Waals surface area contributed by atoms with Gasteiger partial charge >= 0.3 is 6.03 Å². The van der Waals surface area contributed by atoms with Crippen molar-refractivity contribution >= 4 is 35.1 Å². The second-order valence-corrected chi connectivity index (χ2v) is 8.22. The molecule has 0 bridgehead atoms. The Hall–Kier alpha value is -2.93. The Morgan fingerprint density at radius 3 is 2.60 bits per heavy atom. The molecule has 0 aliphatic carbocycles. The highest BCUT2D eigenvalue weighted by molar-refractivity contribution is 6.32. The zero-order chi connectivity index (χ0) is 22.2. The third-order valence-electron chi connectivity index (χ3n) is 5.24. The largest absolute Gasteiger partial charge is 0.325 e. The van der Waals surface area contributed by atoms with Crippen molar-refractivity contribution in [3.05, 3.63) is 63.9 Å². The van der Waals surface area contributed by atoms with Crippen molar-refractivity contribution in [1.82, 2.24) is 10.2 Å². The molecule has 2 aromatic carbocycles.